The number of carbonyl (C=O) groups excluding carboxylic acids is 1. The van der Waals surface area contributed by atoms with Gasteiger partial charge in [-0.2, -0.15) is 0 Å². The molecule has 3 rings (SSSR count). The molecule has 1 amide bonds. The molecule has 2 aliphatic rings. The molecule has 138 valence electrons. The van der Waals surface area contributed by atoms with Gasteiger partial charge in [0.25, 0.3) is 0 Å². The van der Waals surface area contributed by atoms with Crippen LogP contribution in [0.3, 0.4) is 0 Å². The Labute approximate surface area is 154 Å². The van der Waals surface area contributed by atoms with Gasteiger partial charge in [0.2, 0.25) is 15.9 Å². The van der Waals surface area contributed by atoms with Crippen molar-refractivity contribution in [2.45, 2.75) is 49.2 Å². The molecule has 7 heteroatoms. The Hall–Kier alpha value is -1.18. The SMILES string of the molecule is O=C(CC1=CCCCC1)N1CCCC(CNS(=O)(=O)c2cccs2)C1. The lowest BCUT2D eigenvalue weighted by Crippen LogP contribution is -2.43. The van der Waals surface area contributed by atoms with Crippen LogP contribution >= 0.6 is 11.3 Å². The predicted molar refractivity (Wildman–Crippen MR) is 100.0 cm³/mol. The summed E-state index contributed by atoms with van der Waals surface area (Å²) >= 11 is 1.22. The van der Waals surface area contributed by atoms with Gasteiger partial charge in [0.15, 0.2) is 0 Å². The Morgan fingerprint density at radius 3 is 2.92 bits per heavy atom. The van der Waals surface area contributed by atoms with E-state index in [4.69, 9.17) is 0 Å². The smallest absolute Gasteiger partial charge is 0.250 e. The number of thiophene rings is 1. The maximum atomic E-state index is 12.5. The summed E-state index contributed by atoms with van der Waals surface area (Å²) in [6.45, 7) is 1.84. The van der Waals surface area contributed by atoms with Crippen molar-refractivity contribution >= 4 is 27.3 Å². The summed E-state index contributed by atoms with van der Waals surface area (Å²) in [7, 11) is -3.42. The third-order valence-electron chi connectivity index (χ3n) is 4.96. The second kappa shape index (κ2) is 8.47. The molecule has 1 aromatic rings. The van der Waals surface area contributed by atoms with Crippen molar-refractivity contribution in [1.82, 2.24) is 9.62 Å². The first kappa shape index (κ1) is 18.6. The number of piperidine rings is 1. The molecule has 1 atom stereocenters. The van der Waals surface area contributed by atoms with Gasteiger partial charge < -0.3 is 4.90 Å². The largest absolute Gasteiger partial charge is 0.342 e. The van der Waals surface area contributed by atoms with Crippen LogP contribution in [0, 0.1) is 5.92 Å². The zero-order valence-corrected chi connectivity index (χ0v) is 16.1. The molecule has 0 spiro atoms. The molecule has 0 radical (unpaired) electrons. The van der Waals surface area contributed by atoms with Crippen LogP contribution in [0.1, 0.15) is 44.9 Å². The summed E-state index contributed by atoms with van der Waals surface area (Å²) in [5.74, 6) is 0.381. The minimum absolute atomic E-state index is 0.188. The fourth-order valence-corrected chi connectivity index (χ4v) is 5.70. The summed E-state index contributed by atoms with van der Waals surface area (Å²) in [4.78, 5) is 14.5. The van der Waals surface area contributed by atoms with Crippen LogP contribution in [0.25, 0.3) is 0 Å². The second-order valence-electron chi connectivity index (χ2n) is 6.92. The summed E-state index contributed by atoms with van der Waals surface area (Å²) in [6, 6.07) is 3.35. The molecule has 1 aliphatic carbocycles. The van der Waals surface area contributed by atoms with Crippen molar-refractivity contribution in [3.05, 3.63) is 29.2 Å². The fraction of sp³-hybridized carbons (Fsp3) is 0.611. The summed E-state index contributed by atoms with van der Waals surface area (Å²) < 4.78 is 27.5. The van der Waals surface area contributed by atoms with E-state index < -0.39 is 10.0 Å². The van der Waals surface area contributed by atoms with Crippen LogP contribution in [-0.4, -0.2) is 38.9 Å². The normalized spacial score (nSPS) is 21.8. The highest BCUT2D eigenvalue weighted by molar-refractivity contribution is 7.91. The number of amides is 1. The van der Waals surface area contributed by atoms with Crippen LogP contribution in [0.4, 0.5) is 0 Å². The van der Waals surface area contributed by atoms with E-state index >= 15 is 0 Å². The minimum Gasteiger partial charge on any atom is -0.342 e. The summed E-state index contributed by atoms with van der Waals surface area (Å²) in [5, 5.41) is 1.76. The van der Waals surface area contributed by atoms with E-state index in [-0.39, 0.29) is 11.8 Å². The molecular weight excluding hydrogens is 356 g/mol. The average Bonchev–Trinajstić information content (AvgIpc) is 3.17. The van der Waals surface area contributed by atoms with Crippen LogP contribution in [0.2, 0.25) is 0 Å². The quantitative estimate of drug-likeness (QED) is 0.769. The number of rotatable bonds is 6. The number of hydrogen-bond donors (Lipinski definition) is 1. The van der Waals surface area contributed by atoms with Crippen molar-refractivity contribution in [1.29, 1.82) is 0 Å². The molecule has 1 N–H and O–H groups in total. The highest BCUT2D eigenvalue weighted by atomic mass is 32.2. The lowest BCUT2D eigenvalue weighted by molar-refractivity contribution is -0.132. The van der Waals surface area contributed by atoms with Gasteiger partial charge in [0, 0.05) is 26.1 Å². The molecule has 0 bridgehead atoms. The maximum Gasteiger partial charge on any atom is 0.250 e. The summed E-state index contributed by atoms with van der Waals surface area (Å²) in [5.41, 5.74) is 1.27. The lowest BCUT2D eigenvalue weighted by Gasteiger charge is -2.33. The van der Waals surface area contributed by atoms with Crippen LogP contribution < -0.4 is 4.72 Å². The highest BCUT2D eigenvalue weighted by Gasteiger charge is 2.26. The Bertz CT molecular complexity index is 711. The fourth-order valence-electron chi connectivity index (χ4n) is 3.54. The van der Waals surface area contributed by atoms with Crippen molar-refractivity contribution < 1.29 is 13.2 Å². The molecule has 1 unspecified atom stereocenters. The Kier molecular flexibility index (Phi) is 6.30. The van der Waals surface area contributed by atoms with E-state index in [2.05, 4.69) is 10.8 Å². The Morgan fingerprint density at radius 2 is 2.20 bits per heavy atom. The molecule has 2 heterocycles. The molecule has 0 aromatic carbocycles. The van der Waals surface area contributed by atoms with E-state index in [9.17, 15) is 13.2 Å². The van der Waals surface area contributed by atoms with E-state index in [0.29, 0.717) is 23.7 Å². The van der Waals surface area contributed by atoms with Crippen LogP contribution in [-0.2, 0) is 14.8 Å². The molecule has 0 saturated carbocycles. The van der Waals surface area contributed by atoms with Crippen molar-refractivity contribution in [3.63, 3.8) is 0 Å². The first-order valence-electron chi connectivity index (χ1n) is 9.03. The Balaban J connectivity index is 1.51. The van der Waals surface area contributed by atoms with Crippen molar-refractivity contribution in [2.24, 2.45) is 5.92 Å². The first-order valence-corrected chi connectivity index (χ1v) is 11.4. The molecule has 1 saturated heterocycles. The molecular formula is C18H26N2O3S2. The maximum absolute atomic E-state index is 12.5. The van der Waals surface area contributed by atoms with Gasteiger partial charge in [-0.05, 0) is 55.9 Å². The minimum atomic E-state index is -3.42. The molecule has 1 fully saturated rings. The zero-order chi connectivity index (χ0) is 17.7. The van der Waals surface area contributed by atoms with Gasteiger partial charge >= 0.3 is 0 Å². The second-order valence-corrected chi connectivity index (χ2v) is 9.86. The number of nitrogens with zero attached hydrogens (tertiary/aromatic N) is 1. The number of nitrogens with one attached hydrogen (secondary N) is 1. The van der Waals surface area contributed by atoms with Gasteiger partial charge in [0.1, 0.15) is 4.21 Å². The van der Waals surface area contributed by atoms with Gasteiger partial charge in [-0.25, -0.2) is 13.1 Å². The number of hydrogen-bond acceptors (Lipinski definition) is 4. The highest BCUT2D eigenvalue weighted by Crippen LogP contribution is 2.23. The topological polar surface area (TPSA) is 66.5 Å². The number of allylic oxidation sites excluding steroid dienone is 1. The van der Waals surface area contributed by atoms with E-state index in [1.54, 1.807) is 17.5 Å². The molecule has 5 nitrogen and oxygen atoms in total. The summed E-state index contributed by atoms with van der Waals surface area (Å²) in [6.07, 6.45) is 9.21. The van der Waals surface area contributed by atoms with Crippen molar-refractivity contribution in [2.75, 3.05) is 19.6 Å². The predicted octanol–water partition coefficient (Wildman–Crippen LogP) is 3.16. The third-order valence-corrected chi connectivity index (χ3v) is 7.78. The number of sulfonamides is 1. The third kappa shape index (κ3) is 5.15. The van der Waals surface area contributed by atoms with E-state index in [0.717, 1.165) is 32.2 Å². The van der Waals surface area contributed by atoms with Crippen LogP contribution in [0.15, 0.2) is 33.4 Å². The van der Waals surface area contributed by atoms with Gasteiger partial charge in [0.05, 0.1) is 0 Å². The lowest BCUT2D eigenvalue weighted by atomic mass is 9.95. The number of carbonyl (C=O) groups is 1. The van der Waals surface area contributed by atoms with Crippen molar-refractivity contribution in [3.8, 4) is 0 Å². The van der Waals surface area contributed by atoms with Gasteiger partial charge in [-0.3, -0.25) is 4.79 Å². The average molecular weight is 383 g/mol. The van der Waals surface area contributed by atoms with Gasteiger partial charge in [-0.1, -0.05) is 17.7 Å². The molecule has 1 aliphatic heterocycles. The van der Waals surface area contributed by atoms with Gasteiger partial charge in [-0.15, -0.1) is 11.3 Å². The molecule has 25 heavy (non-hydrogen) atoms. The number of likely N-dealkylation sites (tertiary alicyclic amines) is 1. The zero-order valence-electron chi connectivity index (χ0n) is 14.4. The first-order chi connectivity index (χ1) is 12.0. The van der Waals surface area contributed by atoms with E-state index in [1.165, 1.54) is 29.8 Å². The molecule has 1 aromatic heterocycles. The van der Waals surface area contributed by atoms with E-state index in [1.807, 2.05) is 4.90 Å². The standard InChI is InChI=1S/C18H26N2O3S2/c21-17(12-15-6-2-1-3-7-15)20-10-4-8-16(14-20)13-19-25(22,23)18-9-5-11-24-18/h5-6,9,11,16,19H,1-4,7-8,10,12-14H2. The van der Waals surface area contributed by atoms with Crippen LogP contribution in [0.5, 0.6) is 0 Å². The Morgan fingerprint density at radius 1 is 1.32 bits per heavy atom. The monoisotopic (exact) mass is 382 g/mol.